The molecule has 0 aliphatic carbocycles. The predicted molar refractivity (Wildman–Crippen MR) is 58.0 cm³/mol. The molecular formula is C7H4F2IN3O2S. The third kappa shape index (κ3) is 2.45. The van der Waals surface area contributed by atoms with Crippen LogP contribution in [0, 0.1) is 14.9 Å². The van der Waals surface area contributed by atoms with E-state index in [4.69, 9.17) is 10.4 Å². The van der Waals surface area contributed by atoms with E-state index >= 15 is 0 Å². The van der Waals surface area contributed by atoms with E-state index in [9.17, 15) is 17.2 Å². The summed E-state index contributed by atoms with van der Waals surface area (Å²) in [5.41, 5.74) is -0.953. The molecule has 0 amide bonds. The van der Waals surface area contributed by atoms with Gasteiger partial charge in [-0.05, 0) is 22.6 Å². The summed E-state index contributed by atoms with van der Waals surface area (Å²) < 4.78 is 46.8. The van der Waals surface area contributed by atoms with Crippen molar-refractivity contribution in [3.05, 3.63) is 20.9 Å². The number of hydrogen-bond donors (Lipinski definition) is 1. The Morgan fingerprint density at radius 2 is 2.12 bits per heavy atom. The van der Waals surface area contributed by atoms with Crippen LogP contribution in [0.2, 0.25) is 0 Å². The first kappa shape index (κ1) is 13.2. The first-order valence-corrected chi connectivity index (χ1v) is 6.31. The smallest absolute Gasteiger partial charge is 0.242 e. The number of alkyl halides is 2. The molecule has 0 spiro atoms. The Bertz CT molecular complexity index is 568. The van der Waals surface area contributed by atoms with E-state index < -0.39 is 32.6 Å². The number of primary sulfonamides is 1. The third-order valence-electron chi connectivity index (χ3n) is 1.62. The quantitative estimate of drug-likeness (QED) is 0.801. The molecule has 0 aromatic carbocycles. The van der Waals surface area contributed by atoms with E-state index in [2.05, 4.69) is 4.98 Å². The SMILES string of the molecule is N#Cc1c(S(N)(=O)=O)ncc(C(F)F)c1I. The van der Waals surface area contributed by atoms with Crippen LogP contribution in [0.4, 0.5) is 8.78 Å². The summed E-state index contributed by atoms with van der Waals surface area (Å²) in [6, 6.07) is 1.50. The summed E-state index contributed by atoms with van der Waals surface area (Å²) in [5.74, 6) is 0. The molecule has 5 nitrogen and oxygen atoms in total. The third-order valence-corrected chi connectivity index (χ3v) is 3.63. The molecule has 1 aromatic rings. The summed E-state index contributed by atoms with van der Waals surface area (Å²) in [5, 5.41) is 12.8. The van der Waals surface area contributed by atoms with Gasteiger partial charge in [-0.15, -0.1) is 0 Å². The minimum absolute atomic E-state index is 0.158. The van der Waals surface area contributed by atoms with Gasteiger partial charge >= 0.3 is 0 Å². The maximum absolute atomic E-state index is 12.4. The number of nitrogens with two attached hydrogens (primary N) is 1. The highest BCUT2D eigenvalue weighted by molar-refractivity contribution is 14.1. The van der Waals surface area contributed by atoms with Crippen molar-refractivity contribution in [2.24, 2.45) is 5.14 Å². The van der Waals surface area contributed by atoms with Gasteiger partial charge in [-0.1, -0.05) is 0 Å². The van der Waals surface area contributed by atoms with E-state index in [0.717, 1.165) is 0 Å². The number of rotatable bonds is 2. The molecule has 0 radical (unpaired) electrons. The van der Waals surface area contributed by atoms with Gasteiger partial charge in [0.2, 0.25) is 0 Å². The molecule has 86 valence electrons. The second-order valence-corrected chi connectivity index (χ2v) is 5.22. The number of pyridine rings is 1. The van der Waals surface area contributed by atoms with E-state index in [0.29, 0.717) is 6.20 Å². The lowest BCUT2D eigenvalue weighted by molar-refractivity contribution is 0.149. The maximum atomic E-state index is 12.4. The minimum Gasteiger partial charge on any atom is -0.242 e. The zero-order chi connectivity index (χ0) is 12.5. The van der Waals surface area contributed by atoms with Crippen molar-refractivity contribution in [1.29, 1.82) is 5.26 Å². The lowest BCUT2D eigenvalue weighted by Crippen LogP contribution is -2.17. The number of hydrogen-bond acceptors (Lipinski definition) is 4. The predicted octanol–water partition coefficient (Wildman–Crippen LogP) is 1.14. The van der Waals surface area contributed by atoms with Crippen LogP contribution in [-0.4, -0.2) is 13.4 Å². The zero-order valence-electron chi connectivity index (χ0n) is 7.49. The lowest BCUT2D eigenvalue weighted by atomic mass is 10.2. The van der Waals surface area contributed by atoms with Crippen LogP contribution in [0.25, 0.3) is 0 Å². The second kappa shape index (κ2) is 4.56. The number of halogens is 3. The molecule has 1 rings (SSSR count). The Labute approximate surface area is 103 Å². The fourth-order valence-electron chi connectivity index (χ4n) is 0.952. The van der Waals surface area contributed by atoms with Crippen molar-refractivity contribution < 1.29 is 17.2 Å². The lowest BCUT2D eigenvalue weighted by Gasteiger charge is -2.07. The highest BCUT2D eigenvalue weighted by Crippen LogP contribution is 2.28. The van der Waals surface area contributed by atoms with Gasteiger partial charge in [-0.2, -0.15) is 5.26 Å². The summed E-state index contributed by atoms with van der Waals surface area (Å²) in [4.78, 5) is 3.28. The van der Waals surface area contributed by atoms with Gasteiger partial charge in [0, 0.05) is 9.77 Å². The van der Waals surface area contributed by atoms with E-state index in [1.165, 1.54) is 28.7 Å². The van der Waals surface area contributed by atoms with Gasteiger partial charge in [-0.25, -0.2) is 27.3 Å². The minimum atomic E-state index is -4.19. The topological polar surface area (TPSA) is 96.8 Å². The number of sulfonamides is 1. The van der Waals surface area contributed by atoms with Crippen LogP contribution in [0.15, 0.2) is 11.2 Å². The molecule has 0 bridgehead atoms. The van der Waals surface area contributed by atoms with Crippen LogP contribution < -0.4 is 5.14 Å². The van der Waals surface area contributed by atoms with Gasteiger partial charge < -0.3 is 0 Å². The molecule has 2 N–H and O–H groups in total. The zero-order valence-corrected chi connectivity index (χ0v) is 10.5. The van der Waals surface area contributed by atoms with Gasteiger partial charge in [0.05, 0.1) is 5.56 Å². The molecule has 0 fully saturated rings. The Balaban J connectivity index is 3.62. The second-order valence-electron chi connectivity index (χ2n) is 2.67. The van der Waals surface area contributed by atoms with Crippen molar-refractivity contribution in [1.82, 2.24) is 4.98 Å². The van der Waals surface area contributed by atoms with Gasteiger partial charge in [-0.3, -0.25) is 0 Å². The molecule has 1 aromatic heterocycles. The van der Waals surface area contributed by atoms with Gasteiger partial charge in [0.25, 0.3) is 16.4 Å². The average molecular weight is 359 g/mol. The molecule has 1 heterocycles. The molecule has 0 saturated heterocycles. The average Bonchev–Trinajstić information content (AvgIpc) is 2.15. The first-order chi connectivity index (χ1) is 7.29. The Morgan fingerprint density at radius 1 is 1.56 bits per heavy atom. The van der Waals surface area contributed by atoms with Crippen molar-refractivity contribution in [2.75, 3.05) is 0 Å². The molecule has 0 atom stereocenters. The monoisotopic (exact) mass is 359 g/mol. The molecule has 0 saturated carbocycles. The van der Waals surface area contributed by atoms with E-state index in [1.54, 1.807) is 0 Å². The van der Waals surface area contributed by atoms with Gasteiger partial charge in [0.15, 0.2) is 5.03 Å². The highest BCUT2D eigenvalue weighted by atomic mass is 127. The molecule has 0 unspecified atom stereocenters. The highest BCUT2D eigenvalue weighted by Gasteiger charge is 2.23. The summed E-state index contributed by atoms with van der Waals surface area (Å²) in [6.45, 7) is 0. The summed E-state index contributed by atoms with van der Waals surface area (Å²) >= 11 is 1.46. The molecule has 9 heteroatoms. The van der Waals surface area contributed by atoms with E-state index in [-0.39, 0.29) is 3.57 Å². The summed E-state index contributed by atoms with van der Waals surface area (Å²) in [7, 11) is -4.19. The van der Waals surface area contributed by atoms with Crippen molar-refractivity contribution in [3.63, 3.8) is 0 Å². The largest absolute Gasteiger partial charge is 0.266 e. The Morgan fingerprint density at radius 3 is 2.50 bits per heavy atom. The van der Waals surface area contributed by atoms with Gasteiger partial charge in [0.1, 0.15) is 11.6 Å². The normalized spacial score (nSPS) is 11.5. The van der Waals surface area contributed by atoms with Crippen molar-refractivity contribution >= 4 is 32.6 Å². The van der Waals surface area contributed by atoms with Crippen LogP contribution in [0.5, 0.6) is 0 Å². The van der Waals surface area contributed by atoms with Crippen LogP contribution in [0.1, 0.15) is 17.6 Å². The molecule has 0 aliphatic rings. The Hall–Kier alpha value is -0.860. The maximum Gasteiger partial charge on any atom is 0.266 e. The first-order valence-electron chi connectivity index (χ1n) is 3.68. The van der Waals surface area contributed by atoms with E-state index in [1.807, 2.05) is 0 Å². The number of nitrogens with zero attached hydrogens (tertiary/aromatic N) is 2. The van der Waals surface area contributed by atoms with Crippen molar-refractivity contribution in [2.45, 2.75) is 11.5 Å². The molecule has 0 aliphatic heterocycles. The fraction of sp³-hybridized carbons (Fsp3) is 0.143. The fourth-order valence-corrected chi connectivity index (χ4v) is 2.52. The van der Waals surface area contributed by atoms with Crippen LogP contribution in [-0.2, 0) is 10.0 Å². The molecule has 16 heavy (non-hydrogen) atoms. The van der Waals surface area contributed by atoms with Crippen LogP contribution >= 0.6 is 22.6 Å². The summed E-state index contributed by atoms with van der Waals surface area (Å²) in [6.07, 6.45) is -2.13. The molecular weight excluding hydrogens is 355 g/mol. The van der Waals surface area contributed by atoms with Crippen molar-refractivity contribution in [3.8, 4) is 6.07 Å². The number of nitriles is 1. The number of aromatic nitrogens is 1. The van der Waals surface area contributed by atoms with Crippen LogP contribution in [0.3, 0.4) is 0 Å². The Kier molecular flexibility index (Phi) is 3.76. The standard InChI is InChI=1S/C7H4F2IN3O2S/c8-6(9)4-2-13-7(16(12,14)15)3(1-11)5(4)10/h2,6H,(H2,12,14,15).